The summed E-state index contributed by atoms with van der Waals surface area (Å²) < 4.78 is 33.9. The van der Waals surface area contributed by atoms with Gasteiger partial charge in [-0.25, -0.2) is 8.78 Å². The molecule has 0 saturated carbocycles. The minimum atomic E-state index is -0.698. The zero-order valence-electron chi connectivity index (χ0n) is 26.8. The maximum atomic E-state index is 14.2. The number of carbonyl (C=O) groups excluding carboxylic acids is 3. The molecular formula is C39H38F2N2O4. The van der Waals surface area contributed by atoms with Crippen LogP contribution in [0.4, 0.5) is 8.78 Å². The molecule has 4 aromatic rings. The van der Waals surface area contributed by atoms with Crippen molar-refractivity contribution in [2.45, 2.75) is 70.8 Å². The number of allylic oxidation sites excluding steroid dienone is 2. The molecule has 0 spiro atoms. The Morgan fingerprint density at radius 3 is 2.40 bits per heavy atom. The average molecular weight is 637 g/mol. The second-order valence-electron chi connectivity index (χ2n) is 13.0. The van der Waals surface area contributed by atoms with Gasteiger partial charge in [0.25, 0.3) is 0 Å². The van der Waals surface area contributed by atoms with Gasteiger partial charge in [-0.05, 0) is 104 Å². The van der Waals surface area contributed by atoms with Crippen LogP contribution in [0.1, 0.15) is 84.3 Å². The number of aryl methyl sites for hydroxylation is 1. The second-order valence-corrected chi connectivity index (χ2v) is 13.0. The number of ether oxygens (including phenoxy) is 1. The zero-order chi connectivity index (χ0) is 33.7. The van der Waals surface area contributed by atoms with Gasteiger partial charge in [-0.1, -0.05) is 42.5 Å². The highest BCUT2D eigenvalue weighted by molar-refractivity contribution is 5.94. The molecule has 5 rings (SSSR count). The molecular weight excluding hydrogens is 598 g/mol. The van der Waals surface area contributed by atoms with E-state index in [4.69, 9.17) is 10.5 Å². The predicted molar refractivity (Wildman–Crippen MR) is 178 cm³/mol. The second kappa shape index (κ2) is 14.2. The number of fused-ring (bicyclic) bond motifs is 1. The number of benzene rings is 3. The molecule has 0 unspecified atom stereocenters. The Kier molecular flexibility index (Phi) is 10.1. The molecule has 0 saturated heterocycles. The lowest BCUT2D eigenvalue weighted by Gasteiger charge is -2.20. The van der Waals surface area contributed by atoms with Crippen LogP contribution >= 0.6 is 0 Å². The summed E-state index contributed by atoms with van der Waals surface area (Å²) in [5.41, 5.74) is 11.7. The summed E-state index contributed by atoms with van der Waals surface area (Å²) in [5.74, 6) is -2.79. The summed E-state index contributed by atoms with van der Waals surface area (Å²) in [5, 5.41) is 0. The number of primary amides is 1. The van der Waals surface area contributed by atoms with Crippen LogP contribution in [0.25, 0.3) is 16.7 Å². The normalized spacial score (nSPS) is 13.1. The first-order chi connectivity index (χ1) is 22.3. The van der Waals surface area contributed by atoms with Crippen LogP contribution in [0.3, 0.4) is 0 Å². The largest absolute Gasteiger partial charge is 0.460 e. The highest BCUT2D eigenvalue weighted by Gasteiger charge is 2.25. The minimum absolute atomic E-state index is 0.0485. The molecule has 1 amide bonds. The molecule has 3 aromatic carbocycles. The Bertz CT molecular complexity index is 1840. The lowest BCUT2D eigenvalue weighted by molar-refractivity contribution is -0.154. The standard InChI is InChI=1S/C39H38F2N2O4/c1-39(2,3)47-36(45)14-10-24-9-11-26-12-13-28(35(26)19-24)21-33(44)22-30(16-25-17-31(40)23-32(41)18-25)37-34(8-5-15-43-37)27-6-4-7-29(20-27)38(42)46/h4-9,11,13,15,17-20,23,30H,10,12,14,16,21-22H2,1-3H3,(H2,42,46)/t30-/m1/s1. The number of nitrogens with zero attached hydrogens (tertiary/aromatic N) is 1. The number of amides is 1. The van der Waals surface area contributed by atoms with Crippen molar-refractivity contribution in [3.8, 4) is 11.1 Å². The lowest BCUT2D eigenvalue weighted by Crippen LogP contribution is -2.24. The van der Waals surface area contributed by atoms with Crippen molar-refractivity contribution < 1.29 is 27.9 Å². The van der Waals surface area contributed by atoms with Crippen molar-refractivity contribution in [1.29, 1.82) is 0 Å². The Balaban J connectivity index is 1.39. The molecule has 0 aliphatic heterocycles. The molecule has 1 aliphatic carbocycles. The zero-order valence-corrected chi connectivity index (χ0v) is 26.8. The molecule has 1 atom stereocenters. The molecule has 0 radical (unpaired) electrons. The third-order valence-corrected chi connectivity index (χ3v) is 8.08. The van der Waals surface area contributed by atoms with Crippen molar-refractivity contribution in [3.63, 3.8) is 0 Å². The van der Waals surface area contributed by atoms with Gasteiger partial charge in [0.15, 0.2) is 0 Å². The van der Waals surface area contributed by atoms with Crippen molar-refractivity contribution in [1.82, 2.24) is 4.98 Å². The van der Waals surface area contributed by atoms with Crippen molar-refractivity contribution in [2.75, 3.05) is 0 Å². The van der Waals surface area contributed by atoms with Crippen LogP contribution in [0.15, 0.2) is 85.1 Å². The van der Waals surface area contributed by atoms with Crippen LogP contribution < -0.4 is 5.73 Å². The number of hydrogen-bond acceptors (Lipinski definition) is 5. The fourth-order valence-electron chi connectivity index (χ4n) is 6.07. The van der Waals surface area contributed by atoms with E-state index in [1.807, 2.05) is 51.1 Å². The Labute approximate surface area is 273 Å². The van der Waals surface area contributed by atoms with Gasteiger partial charge in [0.05, 0.1) is 5.69 Å². The number of halogens is 2. The number of ketones is 1. The monoisotopic (exact) mass is 636 g/mol. The Morgan fingerprint density at radius 2 is 1.68 bits per heavy atom. The summed E-state index contributed by atoms with van der Waals surface area (Å²) >= 11 is 0. The first-order valence-electron chi connectivity index (χ1n) is 15.7. The van der Waals surface area contributed by atoms with Gasteiger partial charge >= 0.3 is 5.97 Å². The van der Waals surface area contributed by atoms with E-state index in [2.05, 4.69) is 11.1 Å². The maximum absolute atomic E-state index is 14.2. The van der Waals surface area contributed by atoms with E-state index in [0.29, 0.717) is 40.8 Å². The molecule has 6 nitrogen and oxygen atoms in total. The average Bonchev–Trinajstić information content (AvgIpc) is 3.40. The van der Waals surface area contributed by atoms with Crippen LogP contribution in [0, 0.1) is 11.6 Å². The van der Waals surface area contributed by atoms with E-state index in [9.17, 15) is 23.2 Å². The van der Waals surface area contributed by atoms with Crippen LogP contribution in [-0.4, -0.2) is 28.2 Å². The predicted octanol–water partition coefficient (Wildman–Crippen LogP) is 7.72. The van der Waals surface area contributed by atoms with E-state index in [1.54, 1.807) is 30.5 Å². The molecule has 1 aromatic heterocycles. The molecule has 242 valence electrons. The third-order valence-electron chi connectivity index (χ3n) is 8.08. The molecule has 0 fully saturated rings. The number of Topliss-reactive ketones (excluding diaryl/α,β-unsaturated/α-hetero) is 1. The van der Waals surface area contributed by atoms with Crippen LogP contribution in [0.5, 0.6) is 0 Å². The number of nitrogens with two attached hydrogens (primary N) is 1. The topological polar surface area (TPSA) is 99.3 Å². The number of carbonyl (C=O) groups is 3. The van der Waals surface area contributed by atoms with Crippen LogP contribution in [0.2, 0.25) is 0 Å². The van der Waals surface area contributed by atoms with Gasteiger partial charge in [0.1, 0.15) is 23.0 Å². The minimum Gasteiger partial charge on any atom is -0.460 e. The molecule has 1 aliphatic rings. The van der Waals surface area contributed by atoms with Gasteiger partial charge in [-0.3, -0.25) is 19.4 Å². The van der Waals surface area contributed by atoms with Gasteiger partial charge in [0, 0.05) is 48.6 Å². The first kappa shape index (κ1) is 33.4. The molecule has 0 bridgehead atoms. The van der Waals surface area contributed by atoms with Gasteiger partial charge in [-0.15, -0.1) is 0 Å². The van der Waals surface area contributed by atoms with Crippen molar-refractivity contribution >= 4 is 23.2 Å². The van der Waals surface area contributed by atoms with Crippen LogP contribution in [-0.2, 0) is 33.6 Å². The van der Waals surface area contributed by atoms with Gasteiger partial charge in [0.2, 0.25) is 5.91 Å². The maximum Gasteiger partial charge on any atom is 0.306 e. The van der Waals surface area contributed by atoms with Crippen molar-refractivity contribution in [2.24, 2.45) is 5.73 Å². The Hall–Kier alpha value is -4.98. The molecule has 8 heteroatoms. The molecule has 47 heavy (non-hydrogen) atoms. The lowest BCUT2D eigenvalue weighted by atomic mass is 9.85. The van der Waals surface area contributed by atoms with E-state index >= 15 is 0 Å². The van der Waals surface area contributed by atoms with Gasteiger partial charge < -0.3 is 10.5 Å². The fourth-order valence-corrected chi connectivity index (χ4v) is 6.07. The number of pyridine rings is 1. The number of rotatable bonds is 12. The Morgan fingerprint density at radius 1 is 0.915 bits per heavy atom. The van der Waals surface area contributed by atoms with E-state index < -0.39 is 29.1 Å². The molecule has 1 heterocycles. The first-order valence-corrected chi connectivity index (χ1v) is 15.7. The quantitative estimate of drug-likeness (QED) is 0.161. The summed E-state index contributed by atoms with van der Waals surface area (Å²) in [6, 6.07) is 19.9. The highest BCUT2D eigenvalue weighted by atomic mass is 19.1. The number of hydrogen-bond donors (Lipinski definition) is 1. The smallest absolute Gasteiger partial charge is 0.306 e. The van der Waals surface area contributed by atoms with E-state index in [1.165, 1.54) is 12.1 Å². The summed E-state index contributed by atoms with van der Waals surface area (Å²) in [6.07, 6.45) is 5.58. The third kappa shape index (κ3) is 8.85. The summed E-state index contributed by atoms with van der Waals surface area (Å²) in [7, 11) is 0. The number of aromatic nitrogens is 1. The summed E-state index contributed by atoms with van der Waals surface area (Å²) in [4.78, 5) is 42.6. The van der Waals surface area contributed by atoms with Crippen molar-refractivity contribution in [3.05, 3.63) is 130 Å². The van der Waals surface area contributed by atoms with E-state index in [-0.39, 0.29) is 37.4 Å². The van der Waals surface area contributed by atoms with E-state index in [0.717, 1.165) is 28.3 Å². The summed E-state index contributed by atoms with van der Waals surface area (Å²) in [6.45, 7) is 5.52. The molecule has 2 N–H and O–H groups in total. The van der Waals surface area contributed by atoms with Gasteiger partial charge in [-0.2, -0.15) is 0 Å². The number of esters is 1. The fraction of sp³-hybridized carbons (Fsp3) is 0.282. The SMILES string of the molecule is CC(C)(C)OC(=O)CCc1ccc2c(c1)C(CC(=O)C[C@@H](Cc1cc(F)cc(F)c1)c1ncccc1-c1cccc(C(N)=O)c1)=CC2. The highest BCUT2D eigenvalue weighted by Crippen LogP contribution is 2.36.